The van der Waals surface area contributed by atoms with E-state index in [4.69, 9.17) is 5.26 Å². The van der Waals surface area contributed by atoms with Crippen LogP contribution < -0.4 is 4.90 Å². The minimum atomic E-state index is 0.364. The van der Waals surface area contributed by atoms with Gasteiger partial charge >= 0.3 is 0 Å². The Morgan fingerprint density at radius 1 is 1.41 bits per heavy atom. The van der Waals surface area contributed by atoms with Crippen LogP contribution >= 0.6 is 0 Å². The minimum Gasteiger partial charge on any atom is -0.353 e. The predicted molar refractivity (Wildman–Crippen MR) is 66.8 cm³/mol. The normalized spacial score (nSPS) is 13.5. The van der Waals surface area contributed by atoms with Gasteiger partial charge in [-0.25, -0.2) is 9.97 Å². The van der Waals surface area contributed by atoms with Crippen LogP contribution in [-0.4, -0.2) is 22.6 Å². The first-order valence-corrected chi connectivity index (χ1v) is 6.20. The van der Waals surface area contributed by atoms with Crippen molar-refractivity contribution in [1.82, 2.24) is 9.97 Å². The number of nitrogens with zero attached hydrogens (tertiary/aromatic N) is 4. The highest BCUT2D eigenvalue weighted by atomic mass is 15.2. The third-order valence-corrected chi connectivity index (χ3v) is 3.21. The van der Waals surface area contributed by atoms with Gasteiger partial charge in [-0.05, 0) is 33.1 Å². The fraction of sp³-hybridized carbons (Fsp3) is 0.615. The van der Waals surface area contributed by atoms with Crippen molar-refractivity contribution in [2.75, 3.05) is 11.4 Å². The molecule has 0 radical (unpaired) electrons. The summed E-state index contributed by atoms with van der Waals surface area (Å²) in [5.41, 5.74) is 2.48. The van der Waals surface area contributed by atoms with Gasteiger partial charge in [0.15, 0.2) is 0 Å². The van der Waals surface area contributed by atoms with E-state index in [9.17, 15) is 0 Å². The van der Waals surface area contributed by atoms with Crippen LogP contribution in [-0.2, 0) is 12.8 Å². The molecule has 0 N–H and O–H groups in total. The van der Waals surface area contributed by atoms with Crippen molar-refractivity contribution >= 4 is 5.82 Å². The fourth-order valence-corrected chi connectivity index (χ4v) is 2.37. The van der Waals surface area contributed by atoms with Crippen molar-refractivity contribution in [2.45, 2.75) is 45.6 Å². The van der Waals surface area contributed by atoms with Crippen molar-refractivity contribution in [3.05, 3.63) is 17.6 Å². The third kappa shape index (κ3) is 2.38. The zero-order chi connectivity index (χ0) is 12.3. The van der Waals surface area contributed by atoms with Crippen LogP contribution in [0.1, 0.15) is 37.9 Å². The summed E-state index contributed by atoms with van der Waals surface area (Å²) in [7, 11) is 0. The topological polar surface area (TPSA) is 52.8 Å². The van der Waals surface area contributed by atoms with Gasteiger partial charge in [0.2, 0.25) is 0 Å². The average molecular weight is 230 g/mol. The SMILES string of the molecule is CC(C)N(CCC#N)c1ncnc2c1CCC2. The molecule has 0 aromatic carbocycles. The van der Waals surface area contributed by atoms with Crippen LogP contribution in [0.5, 0.6) is 0 Å². The van der Waals surface area contributed by atoms with E-state index in [0.717, 1.165) is 25.2 Å². The molecule has 0 unspecified atom stereocenters. The summed E-state index contributed by atoms with van der Waals surface area (Å²) in [6.45, 7) is 5.03. The largest absolute Gasteiger partial charge is 0.353 e. The van der Waals surface area contributed by atoms with E-state index in [-0.39, 0.29) is 0 Å². The van der Waals surface area contributed by atoms with E-state index in [0.29, 0.717) is 12.5 Å². The number of rotatable bonds is 4. The Bertz CT molecular complexity index is 434. The number of hydrogen-bond acceptors (Lipinski definition) is 4. The molecule has 0 aliphatic heterocycles. The van der Waals surface area contributed by atoms with Crippen LogP contribution in [0.25, 0.3) is 0 Å². The Hall–Kier alpha value is -1.63. The van der Waals surface area contributed by atoms with E-state index in [1.54, 1.807) is 6.33 Å². The van der Waals surface area contributed by atoms with Crippen molar-refractivity contribution in [1.29, 1.82) is 5.26 Å². The Morgan fingerprint density at radius 2 is 2.24 bits per heavy atom. The maximum atomic E-state index is 8.73. The lowest BCUT2D eigenvalue weighted by atomic mass is 10.2. The van der Waals surface area contributed by atoms with Gasteiger partial charge < -0.3 is 4.90 Å². The molecule has 0 fully saturated rings. The third-order valence-electron chi connectivity index (χ3n) is 3.21. The Morgan fingerprint density at radius 3 is 2.94 bits per heavy atom. The predicted octanol–water partition coefficient (Wildman–Crippen LogP) is 2.09. The number of nitriles is 1. The summed E-state index contributed by atoms with van der Waals surface area (Å²) < 4.78 is 0. The zero-order valence-corrected chi connectivity index (χ0v) is 10.5. The van der Waals surface area contributed by atoms with E-state index in [1.807, 2.05) is 0 Å². The summed E-state index contributed by atoms with van der Waals surface area (Å²) in [5, 5.41) is 8.73. The maximum absolute atomic E-state index is 8.73. The Balaban J connectivity index is 2.30. The molecule has 0 saturated carbocycles. The van der Waals surface area contributed by atoms with Gasteiger partial charge in [-0.15, -0.1) is 0 Å². The number of fused-ring (bicyclic) bond motifs is 1. The van der Waals surface area contributed by atoms with Crippen LogP contribution in [0, 0.1) is 11.3 Å². The molecule has 4 nitrogen and oxygen atoms in total. The number of aromatic nitrogens is 2. The highest BCUT2D eigenvalue weighted by molar-refractivity contribution is 5.51. The van der Waals surface area contributed by atoms with Gasteiger partial charge in [0.1, 0.15) is 12.1 Å². The van der Waals surface area contributed by atoms with E-state index in [1.165, 1.54) is 17.7 Å². The molecule has 17 heavy (non-hydrogen) atoms. The first kappa shape index (κ1) is 11.8. The Labute approximate surface area is 102 Å². The van der Waals surface area contributed by atoms with Crippen molar-refractivity contribution in [3.8, 4) is 6.07 Å². The second kappa shape index (κ2) is 5.13. The highest BCUT2D eigenvalue weighted by Crippen LogP contribution is 2.28. The lowest BCUT2D eigenvalue weighted by Crippen LogP contribution is -2.33. The molecule has 0 spiro atoms. The second-order valence-corrected chi connectivity index (χ2v) is 4.67. The number of aryl methyl sites for hydroxylation is 1. The molecule has 90 valence electrons. The van der Waals surface area contributed by atoms with E-state index >= 15 is 0 Å². The van der Waals surface area contributed by atoms with Gasteiger partial charge in [0, 0.05) is 23.8 Å². The monoisotopic (exact) mass is 230 g/mol. The summed E-state index contributed by atoms with van der Waals surface area (Å²) in [6.07, 6.45) is 5.50. The lowest BCUT2D eigenvalue weighted by Gasteiger charge is -2.28. The Kier molecular flexibility index (Phi) is 3.58. The van der Waals surface area contributed by atoms with Gasteiger partial charge in [-0.1, -0.05) is 0 Å². The maximum Gasteiger partial charge on any atom is 0.135 e. The minimum absolute atomic E-state index is 0.364. The van der Waals surface area contributed by atoms with E-state index < -0.39 is 0 Å². The molecule has 0 atom stereocenters. The number of anilines is 1. The highest BCUT2D eigenvalue weighted by Gasteiger charge is 2.22. The molecule has 1 aliphatic carbocycles. The van der Waals surface area contributed by atoms with Crippen LogP contribution in [0.2, 0.25) is 0 Å². The molecule has 4 heteroatoms. The summed E-state index contributed by atoms with van der Waals surface area (Å²) >= 11 is 0. The second-order valence-electron chi connectivity index (χ2n) is 4.67. The van der Waals surface area contributed by atoms with Crippen LogP contribution in [0.4, 0.5) is 5.82 Å². The first-order valence-electron chi connectivity index (χ1n) is 6.20. The molecule has 2 rings (SSSR count). The van der Waals surface area contributed by atoms with Crippen molar-refractivity contribution in [3.63, 3.8) is 0 Å². The summed E-state index contributed by atoms with van der Waals surface area (Å²) in [4.78, 5) is 11.0. The molecule has 0 bridgehead atoms. The van der Waals surface area contributed by atoms with Crippen molar-refractivity contribution in [2.24, 2.45) is 0 Å². The standard InChI is InChI=1S/C13H18N4/c1-10(2)17(8-4-7-14)13-11-5-3-6-12(11)15-9-16-13/h9-10H,3-6,8H2,1-2H3. The van der Waals surface area contributed by atoms with Crippen molar-refractivity contribution < 1.29 is 0 Å². The van der Waals surface area contributed by atoms with E-state index in [2.05, 4.69) is 34.8 Å². The van der Waals surface area contributed by atoms with Crippen LogP contribution in [0.15, 0.2) is 6.33 Å². The molecule has 1 aromatic heterocycles. The summed E-state index contributed by atoms with van der Waals surface area (Å²) in [6, 6.07) is 2.57. The molecular formula is C13H18N4. The molecule has 1 aromatic rings. The van der Waals surface area contributed by atoms with Gasteiger partial charge in [0.25, 0.3) is 0 Å². The van der Waals surface area contributed by atoms with Gasteiger partial charge in [-0.2, -0.15) is 5.26 Å². The van der Waals surface area contributed by atoms with Gasteiger partial charge in [-0.3, -0.25) is 0 Å². The quantitative estimate of drug-likeness (QED) is 0.794. The average Bonchev–Trinajstić information content (AvgIpc) is 2.77. The molecular weight excluding hydrogens is 212 g/mol. The first-order chi connectivity index (χ1) is 8.24. The number of hydrogen-bond donors (Lipinski definition) is 0. The molecule has 1 heterocycles. The summed E-state index contributed by atoms with van der Waals surface area (Å²) in [5.74, 6) is 1.04. The smallest absolute Gasteiger partial charge is 0.135 e. The lowest BCUT2D eigenvalue weighted by molar-refractivity contribution is 0.671. The molecule has 0 saturated heterocycles. The van der Waals surface area contributed by atoms with Crippen LogP contribution in [0.3, 0.4) is 0 Å². The molecule has 0 amide bonds. The van der Waals surface area contributed by atoms with Gasteiger partial charge in [0.05, 0.1) is 12.5 Å². The fourth-order valence-electron chi connectivity index (χ4n) is 2.37. The zero-order valence-electron chi connectivity index (χ0n) is 10.5. The molecule has 1 aliphatic rings.